The summed E-state index contributed by atoms with van der Waals surface area (Å²) in [6.07, 6.45) is -4.47. The standard InChI is InChI=1S/C9H13F3O/c1-6(9(10,11)12)7(2)13-8(3,4)5/h1-2H2,3-5H3. The van der Waals surface area contributed by atoms with Gasteiger partial charge in [0.2, 0.25) is 0 Å². The molecule has 0 aromatic rings. The molecule has 0 aromatic heterocycles. The summed E-state index contributed by atoms with van der Waals surface area (Å²) in [6, 6.07) is 0. The van der Waals surface area contributed by atoms with E-state index in [1.807, 2.05) is 0 Å². The molecule has 4 heteroatoms. The molecule has 1 nitrogen and oxygen atoms in total. The Kier molecular flexibility index (Phi) is 3.19. The maximum atomic E-state index is 12.0. The Morgan fingerprint density at radius 1 is 1.08 bits per heavy atom. The minimum absolute atomic E-state index is 0.431. The zero-order chi connectivity index (χ0) is 10.9. The third-order valence-corrected chi connectivity index (χ3v) is 1.11. The van der Waals surface area contributed by atoms with E-state index in [4.69, 9.17) is 4.74 Å². The van der Waals surface area contributed by atoms with Gasteiger partial charge < -0.3 is 4.74 Å². The highest BCUT2D eigenvalue weighted by Gasteiger charge is 2.35. The van der Waals surface area contributed by atoms with Gasteiger partial charge >= 0.3 is 6.18 Å². The number of ether oxygens (including phenoxy) is 1. The molecule has 0 N–H and O–H groups in total. The fourth-order valence-electron chi connectivity index (χ4n) is 0.589. The lowest BCUT2D eigenvalue weighted by Gasteiger charge is -2.24. The first-order valence-corrected chi connectivity index (χ1v) is 3.68. The lowest BCUT2D eigenvalue weighted by atomic mass is 10.1. The smallest absolute Gasteiger partial charge is 0.419 e. The van der Waals surface area contributed by atoms with Crippen LogP contribution in [0.25, 0.3) is 0 Å². The molecule has 0 radical (unpaired) electrons. The van der Waals surface area contributed by atoms with Crippen LogP contribution in [-0.4, -0.2) is 11.8 Å². The van der Waals surface area contributed by atoms with Gasteiger partial charge in [0.1, 0.15) is 11.4 Å². The number of hydrogen-bond acceptors (Lipinski definition) is 1. The van der Waals surface area contributed by atoms with E-state index in [1.54, 1.807) is 20.8 Å². The average Bonchev–Trinajstić information content (AvgIpc) is 1.79. The Morgan fingerprint density at radius 2 is 1.46 bits per heavy atom. The van der Waals surface area contributed by atoms with Gasteiger partial charge in [-0.15, -0.1) is 0 Å². The lowest BCUT2D eigenvalue weighted by molar-refractivity contribution is -0.0968. The molecule has 76 valence electrons. The van der Waals surface area contributed by atoms with E-state index in [-0.39, 0.29) is 0 Å². The van der Waals surface area contributed by atoms with Crippen LogP contribution >= 0.6 is 0 Å². The molecule has 0 unspecified atom stereocenters. The van der Waals surface area contributed by atoms with Crippen LogP contribution < -0.4 is 0 Å². The Labute approximate surface area is 75.9 Å². The number of allylic oxidation sites excluding steroid dienone is 1. The summed E-state index contributed by atoms with van der Waals surface area (Å²) in [5.41, 5.74) is -1.73. The molecule has 0 amide bonds. The molecule has 0 spiro atoms. The molecule has 0 aliphatic heterocycles. The molecule has 0 aliphatic carbocycles. The number of alkyl halides is 3. The monoisotopic (exact) mass is 194 g/mol. The summed E-state index contributed by atoms with van der Waals surface area (Å²) in [5.74, 6) is -0.431. The number of hydrogen-bond donors (Lipinski definition) is 0. The molecule has 0 fully saturated rings. The van der Waals surface area contributed by atoms with Crippen LogP contribution in [-0.2, 0) is 4.74 Å². The summed E-state index contributed by atoms with van der Waals surface area (Å²) in [5, 5.41) is 0. The fourth-order valence-corrected chi connectivity index (χ4v) is 0.589. The third-order valence-electron chi connectivity index (χ3n) is 1.11. The van der Waals surface area contributed by atoms with Crippen molar-refractivity contribution in [2.24, 2.45) is 0 Å². The highest BCUT2D eigenvalue weighted by atomic mass is 19.4. The van der Waals surface area contributed by atoms with E-state index >= 15 is 0 Å². The summed E-state index contributed by atoms with van der Waals surface area (Å²) < 4.78 is 41.0. The lowest BCUT2D eigenvalue weighted by Crippen LogP contribution is -2.22. The van der Waals surface area contributed by atoms with Crippen LogP contribution in [0.3, 0.4) is 0 Å². The van der Waals surface area contributed by atoms with Gasteiger partial charge in [0.25, 0.3) is 0 Å². The van der Waals surface area contributed by atoms with Gasteiger partial charge in [-0.25, -0.2) is 0 Å². The van der Waals surface area contributed by atoms with Crippen LogP contribution in [0.4, 0.5) is 13.2 Å². The Morgan fingerprint density at radius 3 is 1.69 bits per heavy atom. The first-order valence-electron chi connectivity index (χ1n) is 3.68. The SMILES string of the molecule is C=C(OC(C)(C)C)C(=C)C(F)(F)F. The second-order valence-corrected chi connectivity index (χ2v) is 3.61. The topological polar surface area (TPSA) is 9.23 Å². The average molecular weight is 194 g/mol. The fraction of sp³-hybridized carbons (Fsp3) is 0.556. The molecular weight excluding hydrogens is 181 g/mol. The quantitative estimate of drug-likeness (QED) is 0.483. The molecule has 0 bridgehead atoms. The summed E-state index contributed by atoms with van der Waals surface area (Å²) in [6.45, 7) is 10.9. The van der Waals surface area contributed by atoms with Crippen molar-refractivity contribution in [3.05, 3.63) is 24.5 Å². The van der Waals surface area contributed by atoms with Crippen molar-refractivity contribution < 1.29 is 17.9 Å². The van der Waals surface area contributed by atoms with Crippen LogP contribution in [0.1, 0.15) is 20.8 Å². The minimum atomic E-state index is -4.47. The summed E-state index contributed by atoms with van der Waals surface area (Å²) in [7, 11) is 0. The van der Waals surface area contributed by atoms with E-state index in [2.05, 4.69) is 13.2 Å². The maximum Gasteiger partial charge on any atom is 0.419 e. The normalized spacial score (nSPS) is 12.5. The van der Waals surface area contributed by atoms with Crippen molar-refractivity contribution in [1.29, 1.82) is 0 Å². The second-order valence-electron chi connectivity index (χ2n) is 3.61. The van der Waals surface area contributed by atoms with Gasteiger partial charge in [-0.05, 0) is 20.8 Å². The van der Waals surface area contributed by atoms with E-state index in [0.717, 1.165) is 0 Å². The minimum Gasteiger partial charge on any atom is -0.488 e. The predicted molar refractivity (Wildman–Crippen MR) is 45.2 cm³/mol. The molecule has 0 rings (SSSR count). The van der Waals surface area contributed by atoms with Gasteiger partial charge in [-0.1, -0.05) is 13.2 Å². The highest BCUT2D eigenvalue weighted by molar-refractivity contribution is 5.24. The third kappa shape index (κ3) is 4.60. The van der Waals surface area contributed by atoms with Crippen molar-refractivity contribution in [3.8, 4) is 0 Å². The summed E-state index contributed by atoms with van der Waals surface area (Å²) in [4.78, 5) is 0. The molecule has 13 heavy (non-hydrogen) atoms. The van der Waals surface area contributed by atoms with Crippen LogP contribution in [0, 0.1) is 0 Å². The molecular formula is C9H13F3O. The van der Waals surface area contributed by atoms with E-state index in [1.165, 1.54) is 0 Å². The van der Waals surface area contributed by atoms with Crippen molar-refractivity contribution in [3.63, 3.8) is 0 Å². The van der Waals surface area contributed by atoms with E-state index in [9.17, 15) is 13.2 Å². The Hall–Kier alpha value is -0.930. The van der Waals surface area contributed by atoms with E-state index in [0.29, 0.717) is 0 Å². The van der Waals surface area contributed by atoms with Crippen LogP contribution in [0.5, 0.6) is 0 Å². The van der Waals surface area contributed by atoms with Crippen LogP contribution in [0.2, 0.25) is 0 Å². The van der Waals surface area contributed by atoms with Gasteiger partial charge in [0.05, 0.1) is 5.57 Å². The van der Waals surface area contributed by atoms with E-state index < -0.39 is 23.1 Å². The molecule has 0 saturated carbocycles. The molecule has 0 aromatic carbocycles. The maximum absolute atomic E-state index is 12.0. The van der Waals surface area contributed by atoms with Crippen molar-refractivity contribution in [2.75, 3.05) is 0 Å². The number of rotatable bonds is 2. The van der Waals surface area contributed by atoms with Crippen LogP contribution in [0.15, 0.2) is 24.5 Å². The Balaban J connectivity index is 4.40. The van der Waals surface area contributed by atoms with Gasteiger partial charge in [0, 0.05) is 0 Å². The van der Waals surface area contributed by atoms with Gasteiger partial charge in [-0.3, -0.25) is 0 Å². The van der Waals surface area contributed by atoms with Crippen molar-refractivity contribution in [2.45, 2.75) is 32.5 Å². The summed E-state index contributed by atoms with van der Waals surface area (Å²) >= 11 is 0. The first-order chi connectivity index (χ1) is 5.54. The Bertz CT molecular complexity index is 220. The van der Waals surface area contributed by atoms with Gasteiger partial charge in [-0.2, -0.15) is 13.2 Å². The zero-order valence-electron chi connectivity index (χ0n) is 7.96. The molecule has 0 atom stereocenters. The largest absolute Gasteiger partial charge is 0.488 e. The second kappa shape index (κ2) is 3.44. The first kappa shape index (κ1) is 12.1. The zero-order valence-corrected chi connectivity index (χ0v) is 7.96. The molecule has 0 heterocycles. The molecule has 0 aliphatic rings. The van der Waals surface area contributed by atoms with Crippen molar-refractivity contribution in [1.82, 2.24) is 0 Å². The number of halogens is 3. The highest BCUT2D eigenvalue weighted by Crippen LogP contribution is 2.31. The van der Waals surface area contributed by atoms with Crippen molar-refractivity contribution >= 4 is 0 Å². The predicted octanol–water partition coefficient (Wildman–Crippen LogP) is 3.43. The molecule has 0 saturated heterocycles. The van der Waals surface area contributed by atoms with Gasteiger partial charge in [0.15, 0.2) is 0 Å².